The first-order valence-corrected chi connectivity index (χ1v) is 5.89. The molecule has 0 aromatic rings. The van der Waals surface area contributed by atoms with Crippen LogP contribution >= 0.6 is 0 Å². The summed E-state index contributed by atoms with van der Waals surface area (Å²) in [6, 6.07) is 0. The summed E-state index contributed by atoms with van der Waals surface area (Å²) in [4.78, 5) is 11.5. The van der Waals surface area contributed by atoms with E-state index in [4.69, 9.17) is 4.74 Å². The molecule has 0 radical (unpaired) electrons. The summed E-state index contributed by atoms with van der Waals surface area (Å²) in [7, 11) is 0. The van der Waals surface area contributed by atoms with Crippen molar-refractivity contribution >= 4 is 6.29 Å². The lowest BCUT2D eigenvalue weighted by Crippen LogP contribution is -2.37. The van der Waals surface area contributed by atoms with Crippen LogP contribution in [0, 0.1) is 23.2 Å². The molecule has 0 aromatic heterocycles. The largest absolute Gasteiger partial charge is 0.381 e. The lowest BCUT2D eigenvalue weighted by Gasteiger charge is -2.37. The van der Waals surface area contributed by atoms with Gasteiger partial charge in [-0.1, -0.05) is 6.42 Å². The van der Waals surface area contributed by atoms with E-state index in [0.717, 1.165) is 32.0 Å². The highest BCUT2D eigenvalue weighted by Gasteiger charge is 2.55. The fraction of sp³-hybridized carbons (Fsp3) is 0.917. The van der Waals surface area contributed by atoms with Crippen LogP contribution in [0.15, 0.2) is 0 Å². The van der Waals surface area contributed by atoms with Gasteiger partial charge in [0.1, 0.15) is 6.29 Å². The quantitative estimate of drug-likeness (QED) is 0.629. The molecule has 2 nitrogen and oxygen atoms in total. The van der Waals surface area contributed by atoms with Gasteiger partial charge in [-0.05, 0) is 43.4 Å². The van der Waals surface area contributed by atoms with Gasteiger partial charge in [0.25, 0.3) is 0 Å². The molecule has 0 aromatic carbocycles. The second-order valence-electron chi connectivity index (χ2n) is 5.37. The third kappa shape index (κ3) is 1.04. The summed E-state index contributed by atoms with van der Waals surface area (Å²) >= 11 is 0. The van der Waals surface area contributed by atoms with Crippen molar-refractivity contribution in [2.24, 2.45) is 23.2 Å². The zero-order valence-electron chi connectivity index (χ0n) is 8.58. The average molecular weight is 194 g/mol. The number of hydrogen-bond donors (Lipinski definition) is 0. The van der Waals surface area contributed by atoms with Crippen molar-refractivity contribution < 1.29 is 9.53 Å². The van der Waals surface area contributed by atoms with Gasteiger partial charge in [-0.15, -0.1) is 0 Å². The monoisotopic (exact) mass is 194 g/mol. The predicted molar refractivity (Wildman–Crippen MR) is 52.9 cm³/mol. The summed E-state index contributed by atoms with van der Waals surface area (Å²) in [5, 5.41) is 0. The molecule has 4 unspecified atom stereocenters. The standard InChI is InChI=1S/C12H18O2/c13-8-12(11-3-4-14-7-11)6-9-1-2-10(12)5-9/h8-11H,1-7H2. The van der Waals surface area contributed by atoms with E-state index in [1.807, 2.05) is 0 Å². The second-order valence-corrected chi connectivity index (χ2v) is 5.37. The number of carbonyl (C=O) groups excluding carboxylic acids is 1. The van der Waals surface area contributed by atoms with Crippen molar-refractivity contribution in [2.45, 2.75) is 32.1 Å². The molecule has 2 bridgehead atoms. The van der Waals surface area contributed by atoms with Gasteiger partial charge in [-0.3, -0.25) is 0 Å². The van der Waals surface area contributed by atoms with Crippen LogP contribution in [0.3, 0.4) is 0 Å². The van der Waals surface area contributed by atoms with Crippen molar-refractivity contribution in [3.05, 3.63) is 0 Å². The molecule has 3 aliphatic rings. The van der Waals surface area contributed by atoms with Crippen molar-refractivity contribution in [1.82, 2.24) is 0 Å². The van der Waals surface area contributed by atoms with E-state index in [-0.39, 0.29) is 5.41 Å². The first-order chi connectivity index (χ1) is 6.85. The van der Waals surface area contributed by atoms with Crippen molar-refractivity contribution in [3.8, 4) is 0 Å². The van der Waals surface area contributed by atoms with Crippen LogP contribution in [0.5, 0.6) is 0 Å². The van der Waals surface area contributed by atoms with Crippen molar-refractivity contribution in [1.29, 1.82) is 0 Å². The van der Waals surface area contributed by atoms with Gasteiger partial charge in [-0.2, -0.15) is 0 Å². The average Bonchev–Trinajstić information content (AvgIpc) is 2.93. The molecule has 1 saturated heterocycles. The molecule has 1 aliphatic heterocycles. The Kier molecular flexibility index (Phi) is 1.94. The minimum atomic E-state index is 0.0272. The van der Waals surface area contributed by atoms with Gasteiger partial charge >= 0.3 is 0 Å². The Labute approximate surface area is 85.0 Å². The summed E-state index contributed by atoms with van der Waals surface area (Å²) in [5.74, 6) is 2.08. The number of aldehydes is 1. The third-order valence-corrected chi connectivity index (χ3v) is 4.85. The first-order valence-electron chi connectivity index (χ1n) is 5.89. The first kappa shape index (κ1) is 8.90. The lowest BCUT2D eigenvalue weighted by molar-refractivity contribution is -0.122. The molecule has 78 valence electrons. The van der Waals surface area contributed by atoms with Crippen LogP contribution < -0.4 is 0 Å². The highest BCUT2D eigenvalue weighted by atomic mass is 16.5. The highest BCUT2D eigenvalue weighted by Crippen LogP contribution is 2.59. The molecule has 3 rings (SSSR count). The number of ether oxygens (including phenoxy) is 1. The molecule has 0 N–H and O–H groups in total. The molecule has 2 heteroatoms. The van der Waals surface area contributed by atoms with Crippen LogP contribution in [0.1, 0.15) is 32.1 Å². The van der Waals surface area contributed by atoms with Crippen molar-refractivity contribution in [2.75, 3.05) is 13.2 Å². The van der Waals surface area contributed by atoms with Crippen LogP contribution in [-0.2, 0) is 9.53 Å². The van der Waals surface area contributed by atoms with Gasteiger partial charge in [0, 0.05) is 12.0 Å². The van der Waals surface area contributed by atoms with E-state index in [1.165, 1.54) is 25.5 Å². The van der Waals surface area contributed by atoms with E-state index in [2.05, 4.69) is 0 Å². The predicted octanol–water partition coefficient (Wildman–Crippen LogP) is 2.03. The Hall–Kier alpha value is -0.370. The Morgan fingerprint density at radius 2 is 2.14 bits per heavy atom. The van der Waals surface area contributed by atoms with Gasteiger partial charge in [0.15, 0.2) is 0 Å². The minimum Gasteiger partial charge on any atom is -0.381 e. The van der Waals surface area contributed by atoms with E-state index in [0.29, 0.717) is 11.8 Å². The Morgan fingerprint density at radius 1 is 1.21 bits per heavy atom. The third-order valence-electron chi connectivity index (χ3n) is 4.85. The molecule has 2 saturated carbocycles. The highest BCUT2D eigenvalue weighted by molar-refractivity contribution is 5.62. The summed E-state index contributed by atoms with van der Waals surface area (Å²) < 4.78 is 5.45. The SMILES string of the molecule is O=CC1(C2CCOC2)CC2CCC1C2. The molecule has 4 atom stereocenters. The smallest absolute Gasteiger partial charge is 0.126 e. The van der Waals surface area contributed by atoms with E-state index < -0.39 is 0 Å². The molecular formula is C12H18O2. The molecule has 14 heavy (non-hydrogen) atoms. The summed E-state index contributed by atoms with van der Waals surface area (Å²) in [6.45, 7) is 1.71. The van der Waals surface area contributed by atoms with Gasteiger partial charge in [-0.25, -0.2) is 0 Å². The Morgan fingerprint density at radius 3 is 2.64 bits per heavy atom. The number of hydrogen-bond acceptors (Lipinski definition) is 2. The number of fused-ring (bicyclic) bond motifs is 2. The maximum Gasteiger partial charge on any atom is 0.126 e. The number of carbonyl (C=O) groups is 1. The van der Waals surface area contributed by atoms with Crippen molar-refractivity contribution in [3.63, 3.8) is 0 Å². The Balaban J connectivity index is 1.87. The zero-order valence-corrected chi connectivity index (χ0v) is 8.58. The molecular weight excluding hydrogens is 176 g/mol. The topological polar surface area (TPSA) is 26.3 Å². The maximum absolute atomic E-state index is 11.5. The maximum atomic E-state index is 11.5. The van der Waals surface area contributed by atoms with Crippen LogP contribution in [0.4, 0.5) is 0 Å². The zero-order chi connectivity index (χ0) is 9.60. The normalized spacial score (nSPS) is 51.3. The van der Waals surface area contributed by atoms with Gasteiger partial charge in [0.05, 0.1) is 6.61 Å². The molecule has 2 aliphatic carbocycles. The van der Waals surface area contributed by atoms with E-state index >= 15 is 0 Å². The lowest BCUT2D eigenvalue weighted by atomic mass is 9.65. The molecule has 0 spiro atoms. The fourth-order valence-corrected chi connectivity index (χ4v) is 4.11. The Bertz CT molecular complexity index is 245. The molecule has 0 amide bonds. The fourth-order valence-electron chi connectivity index (χ4n) is 4.11. The second kappa shape index (κ2) is 3.06. The van der Waals surface area contributed by atoms with Crippen LogP contribution in [-0.4, -0.2) is 19.5 Å². The van der Waals surface area contributed by atoms with E-state index in [9.17, 15) is 4.79 Å². The van der Waals surface area contributed by atoms with Gasteiger partial charge in [0.2, 0.25) is 0 Å². The summed E-state index contributed by atoms with van der Waals surface area (Å²) in [5.41, 5.74) is 0.0272. The van der Waals surface area contributed by atoms with Gasteiger partial charge < -0.3 is 9.53 Å². The van der Waals surface area contributed by atoms with Crippen LogP contribution in [0.25, 0.3) is 0 Å². The summed E-state index contributed by atoms with van der Waals surface area (Å²) in [6.07, 6.45) is 7.54. The number of rotatable bonds is 2. The molecule has 1 heterocycles. The molecule has 3 fully saturated rings. The minimum absolute atomic E-state index is 0.0272. The van der Waals surface area contributed by atoms with E-state index in [1.54, 1.807) is 0 Å². The van der Waals surface area contributed by atoms with Crippen LogP contribution in [0.2, 0.25) is 0 Å².